The van der Waals surface area contributed by atoms with E-state index in [-0.39, 0.29) is 19.2 Å². The van der Waals surface area contributed by atoms with Crippen LogP contribution < -0.4 is 0 Å². The Labute approximate surface area is 216 Å². The third-order valence-electron chi connectivity index (χ3n) is 7.34. The molecular formula is C26H38N2O9. The van der Waals surface area contributed by atoms with Crippen LogP contribution in [0.15, 0.2) is 0 Å². The summed E-state index contributed by atoms with van der Waals surface area (Å²) in [5.41, 5.74) is 2.66. The van der Waals surface area contributed by atoms with Gasteiger partial charge in [0.2, 0.25) is 0 Å². The zero-order valence-corrected chi connectivity index (χ0v) is 22.2. The largest absolute Gasteiger partial charge is 0.461 e. The van der Waals surface area contributed by atoms with Crippen LogP contribution in [-0.4, -0.2) is 81.1 Å². The number of nitrogens with zero attached hydrogens (tertiary/aromatic N) is 1. The Morgan fingerprint density at radius 2 is 1.43 bits per heavy atom. The molecule has 0 radical (unpaired) electrons. The summed E-state index contributed by atoms with van der Waals surface area (Å²) < 4.78 is 23.9. The molecule has 206 valence electrons. The summed E-state index contributed by atoms with van der Waals surface area (Å²) in [6.45, 7) is 7.41. The fraction of sp³-hybridized carbons (Fsp3) is 0.731. The second kappa shape index (κ2) is 13.1. The van der Waals surface area contributed by atoms with Crippen molar-refractivity contribution in [3.05, 3.63) is 17.0 Å². The Morgan fingerprint density at radius 3 is 1.92 bits per heavy atom. The number of fused-ring (bicyclic) bond motifs is 4. The van der Waals surface area contributed by atoms with Gasteiger partial charge in [0.25, 0.3) is 0 Å². The molecule has 0 aliphatic heterocycles. The lowest BCUT2D eigenvalue weighted by Gasteiger charge is -2.03. The maximum absolute atomic E-state index is 11.7. The molecule has 0 amide bonds. The SMILES string of the molecule is CCOC(=O)C(=O)OCC.CCOC(=O)c1n[nH]c2c1C[C@H]1[C@@H](COC)[C@@H]21.COC[C@@H]1[C@@H]2CCC(=O)[C@H]12. The normalized spacial score (nSPS) is 27.3. The third-order valence-corrected chi connectivity index (χ3v) is 7.34. The molecule has 11 nitrogen and oxygen atoms in total. The highest BCUT2D eigenvalue weighted by molar-refractivity contribution is 6.29. The van der Waals surface area contributed by atoms with Gasteiger partial charge in [-0.1, -0.05) is 0 Å². The lowest BCUT2D eigenvalue weighted by atomic mass is 10.1. The summed E-state index contributed by atoms with van der Waals surface area (Å²) in [4.78, 5) is 43.6. The predicted molar refractivity (Wildman–Crippen MR) is 130 cm³/mol. The highest BCUT2D eigenvalue weighted by Gasteiger charge is 2.58. The number of hydrogen-bond donors (Lipinski definition) is 1. The molecule has 0 spiro atoms. The standard InChI is InChI=1S/C12H16N2O3.C8H12O2.C6H10O4/c1-3-17-12(15)11-7-4-6-8(5-16-2)9(6)10(7)13-14-11;1-10-4-6-5-2-3-7(9)8(5)6;1-3-9-5(7)6(8)10-4-2/h6,8-9H,3-5H2,1-2H3,(H,13,14);5-6,8H,2-4H2,1H3;3-4H2,1-2H3/t6-,8+,9-;5-,6+,8-;/m00./s1. The van der Waals surface area contributed by atoms with Gasteiger partial charge in [0, 0.05) is 56.9 Å². The minimum atomic E-state index is -0.927. The van der Waals surface area contributed by atoms with E-state index in [9.17, 15) is 19.2 Å². The molecule has 1 aromatic rings. The van der Waals surface area contributed by atoms with Crippen LogP contribution in [0.3, 0.4) is 0 Å². The number of ether oxygens (including phenoxy) is 5. The monoisotopic (exact) mass is 522 g/mol. The topological polar surface area (TPSA) is 143 Å². The maximum atomic E-state index is 11.7. The van der Waals surface area contributed by atoms with Crippen LogP contribution in [0.4, 0.5) is 0 Å². The van der Waals surface area contributed by atoms with Gasteiger partial charge in [0.05, 0.1) is 19.8 Å². The molecule has 0 unspecified atom stereocenters. The van der Waals surface area contributed by atoms with Crippen LogP contribution >= 0.6 is 0 Å². The van der Waals surface area contributed by atoms with Gasteiger partial charge in [-0.15, -0.1) is 0 Å². The smallest absolute Gasteiger partial charge is 0.417 e. The summed E-state index contributed by atoms with van der Waals surface area (Å²) >= 11 is 0. The number of Topliss-reactive ketones (excluding diaryl/α,β-unsaturated/α-hetero) is 1. The van der Waals surface area contributed by atoms with Crippen molar-refractivity contribution < 1.29 is 42.9 Å². The molecule has 1 N–H and O–H groups in total. The Balaban J connectivity index is 0.000000165. The molecule has 0 bridgehead atoms. The molecule has 3 saturated carbocycles. The van der Waals surface area contributed by atoms with Gasteiger partial charge in [0.1, 0.15) is 5.78 Å². The summed E-state index contributed by atoms with van der Waals surface area (Å²) in [6, 6.07) is 0. The first-order chi connectivity index (χ1) is 17.8. The lowest BCUT2D eigenvalue weighted by molar-refractivity contribution is -0.167. The fourth-order valence-corrected chi connectivity index (χ4v) is 5.63. The summed E-state index contributed by atoms with van der Waals surface area (Å²) in [6.07, 6.45) is 2.88. The first-order valence-electron chi connectivity index (χ1n) is 12.9. The summed E-state index contributed by atoms with van der Waals surface area (Å²) in [7, 11) is 3.44. The van der Waals surface area contributed by atoms with Gasteiger partial charge in [-0.2, -0.15) is 5.10 Å². The van der Waals surface area contributed by atoms with Crippen molar-refractivity contribution in [1.29, 1.82) is 0 Å². The Hall–Kier alpha value is -2.79. The first-order valence-corrected chi connectivity index (χ1v) is 12.9. The molecule has 0 saturated heterocycles. The molecule has 1 aromatic heterocycles. The van der Waals surface area contributed by atoms with Crippen molar-refractivity contribution in [3.63, 3.8) is 0 Å². The van der Waals surface area contributed by atoms with Crippen LogP contribution in [0.2, 0.25) is 0 Å². The molecule has 11 heteroatoms. The molecule has 4 aliphatic carbocycles. The van der Waals surface area contributed by atoms with Crippen LogP contribution in [-0.2, 0) is 44.5 Å². The molecule has 5 rings (SSSR count). The maximum Gasteiger partial charge on any atom is 0.417 e. The zero-order chi connectivity index (χ0) is 27.1. The molecule has 6 atom stereocenters. The first kappa shape index (κ1) is 28.8. The average Bonchev–Trinajstić information content (AvgIpc) is 3.48. The predicted octanol–water partition coefficient (Wildman–Crippen LogP) is 2.09. The molecule has 4 aliphatic rings. The van der Waals surface area contributed by atoms with Crippen molar-refractivity contribution in [2.24, 2.45) is 29.6 Å². The number of carbonyl (C=O) groups excluding carboxylic acids is 4. The molecule has 3 fully saturated rings. The highest BCUT2D eigenvalue weighted by Crippen LogP contribution is 2.61. The quantitative estimate of drug-likeness (QED) is 0.306. The Bertz CT molecular complexity index is 959. The van der Waals surface area contributed by atoms with Crippen LogP contribution in [0.25, 0.3) is 0 Å². The number of aromatic nitrogens is 2. The Morgan fingerprint density at radius 1 is 0.865 bits per heavy atom. The van der Waals surface area contributed by atoms with E-state index in [1.807, 2.05) is 0 Å². The van der Waals surface area contributed by atoms with Crippen molar-refractivity contribution in [1.82, 2.24) is 10.2 Å². The number of carbonyl (C=O) groups is 4. The van der Waals surface area contributed by atoms with E-state index < -0.39 is 11.9 Å². The van der Waals surface area contributed by atoms with Gasteiger partial charge < -0.3 is 23.7 Å². The third kappa shape index (κ3) is 6.56. The van der Waals surface area contributed by atoms with E-state index in [4.69, 9.17) is 14.2 Å². The molecule has 37 heavy (non-hydrogen) atoms. The van der Waals surface area contributed by atoms with E-state index >= 15 is 0 Å². The lowest BCUT2D eigenvalue weighted by Crippen LogP contribution is -2.19. The minimum Gasteiger partial charge on any atom is -0.461 e. The van der Waals surface area contributed by atoms with Gasteiger partial charge in [-0.25, -0.2) is 14.4 Å². The fourth-order valence-electron chi connectivity index (χ4n) is 5.63. The second-order valence-electron chi connectivity index (χ2n) is 9.45. The number of rotatable bonds is 8. The van der Waals surface area contributed by atoms with Crippen molar-refractivity contribution in [3.8, 4) is 0 Å². The number of aromatic amines is 1. The minimum absolute atomic E-state index is 0.192. The zero-order valence-electron chi connectivity index (χ0n) is 22.2. The second-order valence-corrected chi connectivity index (χ2v) is 9.45. The van der Waals surface area contributed by atoms with Crippen molar-refractivity contribution >= 4 is 23.7 Å². The highest BCUT2D eigenvalue weighted by atomic mass is 16.6. The van der Waals surface area contributed by atoms with E-state index in [0.29, 0.717) is 53.6 Å². The number of ketones is 1. The molecule has 1 heterocycles. The summed E-state index contributed by atoms with van der Waals surface area (Å²) in [5, 5.41) is 7.09. The van der Waals surface area contributed by atoms with Gasteiger partial charge in [-0.05, 0) is 57.3 Å². The van der Waals surface area contributed by atoms with E-state index in [2.05, 4.69) is 19.7 Å². The molecular weight excluding hydrogens is 484 g/mol. The van der Waals surface area contributed by atoms with Gasteiger partial charge >= 0.3 is 17.9 Å². The van der Waals surface area contributed by atoms with E-state index in [0.717, 1.165) is 43.7 Å². The number of hydrogen-bond acceptors (Lipinski definition) is 10. The molecule has 0 aromatic carbocycles. The van der Waals surface area contributed by atoms with Crippen LogP contribution in [0.1, 0.15) is 61.3 Å². The van der Waals surface area contributed by atoms with Crippen LogP contribution in [0.5, 0.6) is 0 Å². The number of nitrogens with one attached hydrogen (secondary N) is 1. The van der Waals surface area contributed by atoms with E-state index in [1.165, 1.54) is 0 Å². The number of methoxy groups -OCH3 is 2. The van der Waals surface area contributed by atoms with Gasteiger partial charge in [0.15, 0.2) is 5.69 Å². The Kier molecular flexibility index (Phi) is 10.2. The van der Waals surface area contributed by atoms with Crippen molar-refractivity contribution in [2.45, 2.75) is 46.0 Å². The van der Waals surface area contributed by atoms with Gasteiger partial charge in [-0.3, -0.25) is 9.89 Å². The number of H-pyrrole nitrogens is 1. The number of esters is 3. The summed E-state index contributed by atoms with van der Waals surface area (Å²) in [5.74, 6) is 1.75. The average molecular weight is 523 g/mol. The van der Waals surface area contributed by atoms with E-state index in [1.54, 1.807) is 35.0 Å². The van der Waals surface area contributed by atoms with Crippen LogP contribution in [0, 0.1) is 29.6 Å². The van der Waals surface area contributed by atoms with Crippen molar-refractivity contribution in [2.75, 3.05) is 47.3 Å².